The van der Waals surface area contributed by atoms with Gasteiger partial charge in [-0.3, -0.25) is 14.9 Å². The maximum atomic E-state index is 13.3. The van der Waals surface area contributed by atoms with Crippen LogP contribution in [-0.4, -0.2) is 10.7 Å². The SMILES string of the molecule is N#C/C(=C1\C(=O)c2ccccc2-c2c1cccc2[N+](=O)[O-])c1ccccc1. The zero-order valence-electron chi connectivity index (χ0n) is 14.0. The van der Waals surface area contributed by atoms with E-state index >= 15 is 0 Å². The molecule has 0 spiro atoms. The Kier molecular flexibility index (Phi) is 3.87. The molecule has 5 nitrogen and oxygen atoms in total. The lowest BCUT2D eigenvalue weighted by molar-refractivity contribution is -0.384. The van der Waals surface area contributed by atoms with E-state index in [-0.39, 0.29) is 22.6 Å². The minimum absolute atomic E-state index is 0.0877. The third-order valence-corrected chi connectivity index (χ3v) is 4.60. The molecule has 4 rings (SSSR count). The van der Waals surface area contributed by atoms with Crippen molar-refractivity contribution < 1.29 is 9.72 Å². The van der Waals surface area contributed by atoms with Crippen LogP contribution in [-0.2, 0) is 0 Å². The van der Waals surface area contributed by atoms with E-state index in [9.17, 15) is 20.2 Å². The van der Waals surface area contributed by atoms with Gasteiger partial charge in [0.15, 0.2) is 5.78 Å². The van der Waals surface area contributed by atoms with E-state index in [4.69, 9.17) is 0 Å². The molecule has 0 heterocycles. The number of Topliss-reactive ketones (excluding diaryl/α,β-unsaturated/α-hetero) is 1. The van der Waals surface area contributed by atoms with Gasteiger partial charge in [-0.05, 0) is 5.56 Å². The number of fused-ring (bicyclic) bond motifs is 3. The molecule has 3 aromatic rings. The highest BCUT2D eigenvalue weighted by atomic mass is 16.6. The first-order valence-corrected chi connectivity index (χ1v) is 8.25. The number of nitro benzene ring substituents is 1. The Hall–Kier alpha value is -4.04. The Morgan fingerprint density at radius 3 is 2.15 bits per heavy atom. The van der Waals surface area contributed by atoms with Gasteiger partial charge >= 0.3 is 0 Å². The molecule has 1 aliphatic rings. The first kappa shape index (κ1) is 16.4. The van der Waals surface area contributed by atoms with E-state index in [0.717, 1.165) is 0 Å². The summed E-state index contributed by atoms with van der Waals surface area (Å²) in [5, 5.41) is 21.4. The Balaban J connectivity index is 2.16. The molecule has 0 amide bonds. The monoisotopic (exact) mass is 352 g/mol. The second kappa shape index (κ2) is 6.36. The molecule has 0 aromatic heterocycles. The van der Waals surface area contributed by atoms with E-state index in [1.165, 1.54) is 12.1 Å². The highest BCUT2D eigenvalue weighted by molar-refractivity contribution is 6.40. The number of ketones is 1. The number of hydrogen-bond donors (Lipinski definition) is 0. The van der Waals surface area contributed by atoms with Gasteiger partial charge in [-0.2, -0.15) is 5.26 Å². The first-order valence-electron chi connectivity index (χ1n) is 8.25. The molecule has 27 heavy (non-hydrogen) atoms. The van der Waals surface area contributed by atoms with E-state index in [1.807, 2.05) is 6.07 Å². The number of nitro groups is 1. The van der Waals surface area contributed by atoms with Gasteiger partial charge in [0.05, 0.1) is 16.1 Å². The topological polar surface area (TPSA) is 84.0 Å². The zero-order chi connectivity index (χ0) is 19.0. The van der Waals surface area contributed by atoms with Gasteiger partial charge < -0.3 is 0 Å². The van der Waals surface area contributed by atoms with Gasteiger partial charge in [0, 0.05) is 28.3 Å². The van der Waals surface area contributed by atoms with Crippen LogP contribution in [0.5, 0.6) is 0 Å². The molecular weight excluding hydrogens is 340 g/mol. The lowest BCUT2D eigenvalue weighted by Gasteiger charge is -2.22. The van der Waals surface area contributed by atoms with Crippen LogP contribution in [0.25, 0.3) is 22.3 Å². The van der Waals surface area contributed by atoms with Gasteiger partial charge in [-0.25, -0.2) is 0 Å². The van der Waals surface area contributed by atoms with Gasteiger partial charge in [0.1, 0.15) is 6.07 Å². The molecule has 0 aliphatic heterocycles. The van der Waals surface area contributed by atoms with Crippen molar-refractivity contribution in [2.24, 2.45) is 0 Å². The molecule has 128 valence electrons. The number of allylic oxidation sites excluding steroid dienone is 2. The molecule has 0 bridgehead atoms. The van der Waals surface area contributed by atoms with Crippen molar-refractivity contribution in [2.45, 2.75) is 0 Å². The number of carbonyl (C=O) groups is 1. The summed E-state index contributed by atoms with van der Waals surface area (Å²) in [6.45, 7) is 0. The molecule has 0 radical (unpaired) electrons. The number of nitriles is 1. The second-order valence-corrected chi connectivity index (χ2v) is 6.06. The maximum Gasteiger partial charge on any atom is 0.277 e. The summed E-state index contributed by atoms with van der Waals surface area (Å²) in [7, 11) is 0. The van der Waals surface area contributed by atoms with Crippen LogP contribution in [0.15, 0.2) is 72.8 Å². The normalized spacial score (nSPS) is 14.0. The highest BCUT2D eigenvalue weighted by Crippen LogP contribution is 2.46. The molecule has 0 saturated carbocycles. The largest absolute Gasteiger partial charge is 0.289 e. The van der Waals surface area contributed by atoms with Crippen LogP contribution < -0.4 is 0 Å². The van der Waals surface area contributed by atoms with Crippen molar-refractivity contribution in [3.8, 4) is 17.2 Å². The van der Waals surface area contributed by atoms with Crippen molar-refractivity contribution in [1.29, 1.82) is 5.26 Å². The molecule has 0 fully saturated rings. The molecule has 0 N–H and O–H groups in total. The van der Waals surface area contributed by atoms with Crippen LogP contribution in [0.2, 0.25) is 0 Å². The summed E-state index contributed by atoms with van der Waals surface area (Å²) in [4.78, 5) is 24.4. The van der Waals surface area contributed by atoms with Crippen molar-refractivity contribution in [3.63, 3.8) is 0 Å². The number of benzene rings is 3. The fourth-order valence-corrected chi connectivity index (χ4v) is 3.46. The zero-order valence-corrected chi connectivity index (χ0v) is 14.0. The number of hydrogen-bond acceptors (Lipinski definition) is 4. The summed E-state index contributed by atoms with van der Waals surface area (Å²) in [5.74, 6) is -0.306. The average Bonchev–Trinajstić information content (AvgIpc) is 2.71. The minimum Gasteiger partial charge on any atom is -0.289 e. The predicted molar refractivity (Wildman–Crippen MR) is 102 cm³/mol. The Bertz CT molecular complexity index is 1170. The third-order valence-electron chi connectivity index (χ3n) is 4.60. The standard InChI is InChI=1S/C22H12N2O3/c23-13-18(14-7-2-1-3-8-14)21-17-11-6-12-19(24(26)27)20(17)15-9-4-5-10-16(15)22(21)25/h1-12H/b21-18+. The molecule has 0 atom stereocenters. The summed E-state index contributed by atoms with van der Waals surface area (Å²) in [6.07, 6.45) is 0. The lowest BCUT2D eigenvalue weighted by Crippen LogP contribution is -2.14. The van der Waals surface area contributed by atoms with Crippen molar-refractivity contribution >= 4 is 22.6 Å². The van der Waals surface area contributed by atoms with Crippen molar-refractivity contribution in [1.82, 2.24) is 0 Å². The summed E-state index contributed by atoms with van der Waals surface area (Å²) >= 11 is 0. The van der Waals surface area contributed by atoms with Gasteiger partial charge in [-0.1, -0.05) is 66.7 Å². The second-order valence-electron chi connectivity index (χ2n) is 6.06. The van der Waals surface area contributed by atoms with E-state index < -0.39 is 4.92 Å². The maximum absolute atomic E-state index is 13.3. The van der Waals surface area contributed by atoms with E-state index in [0.29, 0.717) is 27.8 Å². The van der Waals surface area contributed by atoms with Crippen LogP contribution >= 0.6 is 0 Å². The number of rotatable bonds is 2. The average molecular weight is 352 g/mol. The molecule has 1 aliphatic carbocycles. The summed E-state index contributed by atoms with van der Waals surface area (Å²) in [6, 6.07) is 22.4. The van der Waals surface area contributed by atoms with Crippen molar-refractivity contribution in [2.75, 3.05) is 0 Å². The predicted octanol–water partition coefficient (Wildman–Crippen LogP) is 4.89. The fourth-order valence-electron chi connectivity index (χ4n) is 3.46. The number of nitrogens with zero attached hydrogens (tertiary/aromatic N) is 2. The fraction of sp³-hybridized carbons (Fsp3) is 0. The number of carbonyl (C=O) groups excluding carboxylic acids is 1. The molecule has 0 saturated heterocycles. The van der Waals surface area contributed by atoms with Crippen molar-refractivity contribution in [3.05, 3.63) is 99.6 Å². The van der Waals surface area contributed by atoms with Crippen LogP contribution in [0.4, 0.5) is 5.69 Å². The summed E-state index contributed by atoms with van der Waals surface area (Å²) < 4.78 is 0. The summed E-state index contributed by atoms with van der Waals surface area (Å²) in [5.41, 5.74) is 2.56. The smallest absolute Gasteiger partial charge is 0.277 e. The quantitative estimate of drug-likeness (QED) is 0.284. The Morgan fingerprint density at radius 2 is 1.48 bits per heavy atom. The van der Waals surface area contributed by atoms with E-state index in [2.05, 4.69) is 6.07 Å². The van der Waals surface area contributed by atoms with Crippen LogP contribution in [0, 0.1) is 21.4 Å². The van der Waals surface area contributed by atoms with Crippen LogP contribution in [0.1, 0.15) is 21.5 Å². The lowest BCUT2D eigenvalue weighted by atomic mass is 9.78. The Morgan fingerprint density at radius 1 is 0.852 bits per heavy atom. The molecule has 5 heteroatoms. The molecule has 0 unspecified atom stereocenters. The van der Waals surface area contributed by atoms with Gasteiger partial charge in [0.25, 0.3) is 5.69 Å². The third kappa shape index (κ3) is 2.52. The minimum atomic E-state index is -0.461. The molecular formula is C22H12N2O3. The van der Waals surface area contributed by atoms with Gasteiger partial charge in [-0.15, -0.1) is 0 Å². The van der Waals surface area contributed by atoms with Crippen LogP contribution in [0.3, 0.4) is 0 Å². The Labute approximate surface area is 155 Å². The highest BCUT2D eigenvalue weighted by Gasteiger charge is 2.34. The first-order chi connectivity index (χ1) is 13.1. The van der Waals surface area contributed by atoms with E-state index in [1.54, 1.807) is 54.6 Å². The molecule has 3 aromatic carbocycles. The van der Waals surface area contributed by atoms with Gasteiger partial charge in [0.2, 0.25) is 0 Å².